The van der Waals surface area contributed by atoms with E-state index in [0.29, 0.717) is 0 Å². The van der Waals surface area contributed by atoms with E-state index >= 15 is 0 Å². The Labute approximate surface area is 184 Å². The van der Waals surface area contributed by atoms with Gasteiger partial charge in [-0.25, -0.2) is 14.6 Å². The molecule has 4 aromatic carbocycles. The zero-order chi connectivity index (χ0) is 21.3. The molecule has 0 unspecified atom stereocenters. The van der Waals surface area contributed by atoms with Crippen LogP contribution < -0.4 is 0 Å². The van der Waals surface area contributed by atoms with Crippen LogP contribution in [-0.4, -0.2) is 19.7 Å². The number of hydrogen-bond donors (Lipinski definition) is 0. The zero-order valence-electron chi connectivity index (χ0n) is 17.1. The third kappa shape index (κ3) is 3.08. The number of fused-ring (bicyclic) bond motifs is 1. The molecule has 2 aromatic heterocycles. The largest absolute Gasteiger partial charge is 0.443 e. The quantitative estimate of drug-likeness (QED) is 0.334. The molecule has 6 aromatic rings. The molecule has 32 heavy (non-hydrogen) atoms. The van der Waals surface area contributed by atoms with E-state index in [9.17, 15) is 0 Å². The number of rotatable bonds is 4. The Kier molecular flexibility index (Phi) is 4.36. The van der Waals surface area contributed by atoms with Gasteiger partial charge in [0.25, 0.3) is 0 Å². The molecule has 5 heteroatoms. The van der Waals surface area contributed by atoms with Crippen molar-refractivity contribution in [3.05, 3.63) is 110 Å². The van der Waals surface area contributed by atoms with E-state index in [1.807, 2.05) is 59.3 Å². The number of nitrogens with zero attached hydrogens (tertiary/aromatic N) is 4. The summed E-state index contributed by atoms with van der Waals surface area (Å²) in [5, 5.41) is 4.66. The van der Waals surface area contributed by atoms with Gasteiger partial charge in [-0.1, -0.05) is 78.9 Å². The Hall–Kier alpha value is -4.51. The van der Waals surface area contributed by atoms with Crippen LogP contribution in [-0.2, 0) is 0 Å². The van der Waals surface area contributed by atoms with Crippen LogP contribution in [0.2, 0.25) is 0 Å². The molecule has 0 spiro atoms. The summed E-state index contributed by atoms with van der Waals surface area (Å²) in [6.07, 6.45) is 3.05. The molecular weight excluding hydrogens is 396 g/mol. The van der Waals surface area contributed by atoms with Crippen molar-refractivity contribution in [2.24, 2.45) is 0 Å². The molecule has 0 bridgehead atoms. The summed E-state index contributed by atoms with van der Waals surface area (Å²) >= 11 is 0. The van der Waals surface area contributed by atoms with E-state index in [4.69, 9.17) is 4.42 Å². The van der Waals surface area contributed by atoms with Crippen LogP contribution in [0.4, 0.5) is 0 Å². The van der Waals surface area contributed by atoms with Crippen molar-refractivity contribution in [3.8, 4) is 39.3 Å². The van der Waals surface area contributed by atoms with Crippen molar-refractivity contribution in [1.29, 1.82) is 0 Å². The van der Waals surface area contributed by atoms with Gasteiger partial charge in [-0.2, -0.15) is 5.10 Å². The van der Waals surface area contributed by atoms with Crippen LogP contribution in [0.5, 0.6) is 0 Å². The molecule has 0 aliphatic rings. The summed E-state index contributed by atoms with van der Waals surface area (Å²) in [7, 11) is 0. The second-order valence-corrected chi connectivity index (χ2v) is 7.46. The van der Waals surface area contributed by atoms with Crippen LogP contribution in [0.1, 0.15) is 0 Å². The fraction of sp³-hybridized carbons (Fsp3) is 0. The lowest BCUT2D eigenvalue weighted by molar-refractivity contribution is 0.602. The van der Waals surface area contributed by atoms with Gasteiger partial charge in [0, 0.05) is 16.7 Å². The van der Waals surface area contributed by atoms with Crippen molar-refractivity contribution in [3.63, 3.8) is 0 Å². The lowest BCUT2D eigenvalue weighted by atomic mass is 9.96. The lowest BCUT2D eigenvalue weighted by Gasteiger charge is -2.17. The van der Waals surface area contributed by atoms with E-state index < -0.39 is 0 Å². The maximum Gasteiger partial charge on any atom is 0.181 e. The van der Waals surface area contributed by atoms with E-state index in [1.165, 1.54) is 6.39 Å². The van der Waals surface area contributed by atoms with Crippen molar-refractivity contribution in [1.82, 2.24) is 19.7 Å². The number of aromatic nitrogens is 4. The van der Waals surface area contributed by atoms with Gasteiger partial charge in [0.1, 0.15) is 11.8 Å². The third-order valence-electron chi connectivity index (χ3n) is 5.55. The van der Waals surface area contributed by atoms with Gasteiger partial charge in [-0.3, -0.25) is 0 Å². The van der Waals surface area contributed by atoms with Gasteiger partial charge in [-0.15, -0.1) is 0 Å². The zero-order valence-corrected chi connectivity index (χ0v) is 17.1. The Bertz CT molecular complexity index is 1460. The number of para-hydroxylation sites is 1. The molecule has 0 fully saturated rings. The molecule has 0 N–H and O–H groups in total. The average molecular weight is 414 g/mol. The van der Waals surface area contributed by atoms with Gasteiger partial charge >= 0.3 is 0 Å². The molecule has 0 saturated carbocycles. The Balaban J connectivity index is 1.63. The summed E-state index contributed by atoms with van der Waals surface area (Å²) in [6, 6.07) is 32.9. The van der Waals surface area contributed by atoms with Crippen LogP contribution in [0.15, 0.2) is 114 Å². The maximum absolute atomic E-state index is 5.52. The van der Waals surface area contributed by atoms with E-state index in [0.717, 1.165) is 50.4 Å². The minimum Gasteiger partial charge on any atom is -0.443 e. The van der Waals surface area contributed by atoms with E-state index in [-0.39, 0.29) is 0 Å². The Morgan fingerprint density at radius 2 is 1.31 bits per heavy atom. The van der Waals surface area contributed by atoms with E-state index in [1.54, 1.807) is 6.33 Å². The summed E-state index contributed by atoms with van der Waals surface area (Å²) in [6.45, 7) is 0. The predicted molar refractivity (Wildman–Crippen MR) is 125 cm³/mol. The molecule has 0 radical (unpaired) electrons. The fourth-order valence-electron chi connectivity index (χ4n) is 4.07. The van der Waals surface area contributed by atoms with E-state index in [2.05, 4.69) is 57.5 Å². The first kappa shape index (κ1) is 18.3. The minimum atomic E-state index is 0.719. The summed E-state index contributed by atoms with van der Waals surface area (Å²) in [5.74, 6) is 0.740. The normalized spacial score (nSPS) is 11.1. The van der Waals surface area contributed by atoms with Gasteiger partial charge in [0.15, 0.2) is 17.8 Å². The Morgan fingerprint density at radius 1 is 0.625 bits per heavy atom. The number of hydrogen-bond acceptors (Lipinski definition) is 4. The van der Waals surface area contributed by atoms with Crippen molar-refractivity contribution in [2.75, 3.05) is 0 Å². The topological polar surface area (TPSA) is 56.7 Å². The predicted octanol–water partition coefficient (Wildman–Crippen LogP) is 6.41. The lowest BCUT2D eigenvalue weighted by Crippen LogP contribution is -2.04. The fourth-order valence-corrected chi connectivity index (χ4v) is 4.07. The van der Waals surface area contributed by atoms with Gasteiger partial charge < -0.3 is 4.42 Å². The smallest absolute Gasteiger partial charge is 0.181 e. The van der Waals surface area contributed by atoms with Gasteiger partial charge in [0.2, 0.25) is 0 Å². The second-order valence-electron chi connectivity index (χ2n) is 7.46. The van der Waals surface area contributed by atoms with Crippen molar-refractivity contribution < 1.29 is 4.42 Å². The van der Waals surface area contributed by atoms with Crippen LogP contribution in [0.25, 0.3) is 50.4 Å². The first-order chi connectivity index (χ1) is 15.9. The highest BCUT2D eigenvalue weighted by atomic mass is 16.3. The standard InChI is InChI=1S/C27H18N4O/c1-3-8-19(9-4-1)22-12-7-13-23(20-10-5-2-6-11-20)26(22)31-27(28-17-30-31)21-14-15-24-25(16-21)32-18-29-24/h1-18H. The molecule has 152 valence electrons. The highest BCUT2D eigenvalue weighted by Crippen LogP contribution is 2.37. The molecule has 0 amide bonds. The first-order valence-electron chi connectivity index (χ1n) is 10.4. The van der Waals surface area contributed by atoms with Gasteiger partial charge in [0.05, 0.1) is 5.69 Å². The summed E-state index contributed by atoms with van der Waals surface area (Å²) in [5.41, 5.74) is 7.83. The van der Waals surface area contributed by atoms with Crippen molar-refractivity contribution in [2.45, 2.75) is 0 Å². The molecule has 0 aliphatic heterocycles. The SMILES string of the molecule is c1ccc(-c2cccc(-c3ccccc3)c2-n2ncnc2-c2ccc3ncoc3c2)cc1. The monoisotopic (exact) mass is 414 g/mol. The van der Waals surface area contributed by atoms with Crippen LogP contribution in [0.3, 0.4) is 0 Å². The molecule has 6 rings (SSSR count). The van der Waals surface area contributed by atoms with Crippen molar-refractivity contribution >= 4 is 11.1 Å². The first-order valence-corrected chi connectivity index (χ1v) is 10.4. The second kappa shape index (κ2) is 7.63. The third-order valence-corrected chi connectivity index (χ3v) is 5.55. The molecular formula is C27H18N4O. The molecule has 0 saturated heterocycles. The minimum absolute atomic E-state index is 0.719. The van der Waals surface area contributed by atoms with Crippen LogP contribution >= 0.6 is 0 Å². The molecule has 0 aliphatic carbocycles. The number of benzene rings is 4. The highest BCUT2D eigenvalue weighted by Gasteiger charge is 2.19. The van der Waals surface area contributed by atoms with Crippen LogP contribution in [0, 0.1) is 0 Å². The number of oxazole rings is 1. The average Bonchev–Trinajstić information content (AvgIpc) is 3.54. The summed E-state index contributed by atoms with van der Waals surface area (Å²) in [4.78, 5) is 8.83. The molecule has 0 atom stereocenters. The maximum atomic E-state index is 5.52. The molecule has 2 heterocycles. The summed E-state index contributed by atoms with van der Waals surface area (Å²) < 4.78 is 7.44. The Morgan fingerprint density at radius 3 is 2.00 bits per heavy atom. The molecule has 5 nitrogen and oxygen atoms in total. The van der Waals surface area contributed by atoms with Gasteiger partial charge in [-0.05, 0) is 29.3 Å². The highest BCUT2D eigenvalue weighted by molar-refractivity contribution is 5.86.